The van der Waals surface area contributed by atoms with E-state index in [-0.39, 0.29) is 4.90 Å². The Morgan fingerprint density at radius 1 is 1.22 bits per heavy atom. The Labute approximate surface area is 110 Å². The summed E-state index contributed by atoms with van der Waals surface area (Å²) in [6.07, 6.45) is 0. The second-order valence-electron chi connectivity index (χ2n) is 3.90. The standard InChI is InChI=1S/C13H11NO2S2/c1-10-3-5-12(6-4-10)18(15,16)13(14-2)11-7-8-17-9-11/h3-9,13H,1H3/t13-/m0/s1. The maximum atomic E-state index is 12.4. The second-order valence-corrected chi connectivity index (χ2v) is 6.68. The quantitative estimate of drug-likeness (QED) is 0.806. The van der Waals surface area contributed by atoms with Gasteiger partial charge in [-0.3, -0.25) is 4.85 Å². The zero-order chi connectivity index (χ0) is 13.2. The molecule has 1 atom stereocenters. The smallest absolute Gasteiger partial charge is 0.291 e. The monoisotopic (exact) mass is 277 g/mol. The molecule has 18 heavy (non-hydrogen) atoms. The summed E-state index contributed by atoms with van der Waals surface area (Å²) in [5, 5.41) is 2.33. The number of benzene rings is 1. The predicted molar refractivity (Wildman–Crippen MR) is 72.0 cm³/mol. The van der Waals surface area contributed by atoms with Crippen LogP contribution in [0.25, 0.3) is 4.85 Å². The average molecular weight is 277 g/mol. The minimum absolute atomic E-state index is 0.195. The molecule has 5 heteroatoms. The molecule has 92 valence electrons. The second kappa shape index (κ2) is 4.92. The highest BCUT2D eigenvalue weighted by atomic mass is 32.2. The van der Waals surface area contributed by atoms with E-state index in [9.17, 15) is 8.42 Å². The van der Waals surface area contributed by atoms with Gasteiger partial charge >= 0.3 is 5.37 Å². The number of hydrogen-bond acceptors (Lipinski definition) is 3. The molecule has 0 saturated heterocycles. The van der Waals surface area contributed by atoms with Gasteiger partial charge in [0, 0.05) is 5.38 Å². The Hall–Kier alpha value is -1.64. The number of hydrogen-bond donors (Lipinski definition) is 0. The van der Waals surface area contributed by atoms with Gasteiger partial charge in [0.25, 0.3) is 9.84 Å². The first kappa shape index (κ1) is 12.8. The van der Waals surface area contributed by atoms with Gasteiger partial charge in [0.15, 0.2) is 0 Å². The highest BCUT2D eigenvalue weighted by Gasteiger charge is 2.34. The van der Waals surface area contributed by atoms with E-state index in [0.29, 0.717) is 5.56 Å². The molecule has 0 aliphatic heterocycles. The minimum Gasteiger partial charge on any atom is -0.291 e. The molecule has 2 rings (SSSR count). The van der Waals surface area contributed by atoms with Crippen LogP contribution >= 0.6 is 11.3 Å². The molecule has 1 heterocycles. The minimum atomic E-state index is -3.64. The molecule has 0 radical (unpaired) electrons. The number of thiophene rings is 1. The van der Waals surface area contributed by atoms with Crippen LogP contribution in [0.4, 0.5) is 0 Å². The highest BCUT2D eigenvalue weighted by molar-refractivity contribution is 7.91. The van der Waals surface area contributed by atoms with Crippen molar-refractivity contribution in [2.45, 2.75) is 17.2 Å². The fraction of sp³-hybridized carbons (Fsp3) is 0.154. The first-order chi connectivity index (χ1) is 8.55. The molecule has 0 N–H and O–H groups in total. The summed E-state index contributed by atoms with van der Waals surface area (Å²) in [7, 11) is -3.64. The molecule has 0 aliphatic carbocycles. The van der Waals surface area contributed by atoms with Crippen LogP contribution < -0.4 is 0 Å². The van der Waals surface area contributed by atoms with Crippen LogP contribution in [0.5, 0.6) is 0 Å². The lowest BCUT2D eigenvalue weighted by atomic mass is 10.2. The summed E-state index contributed by atoms with van der Waals surface area (Å²) in [6.45, 7) is 9.02. The van der Waals surface area contributed by atoms with E-state index >= 15 is 0 Å². The Kier molecular flexibility index (Phi) is 3.50. The van der Waals surface area contributed by atoms with Crippen molar-refractivity contribution in [1.82, 2.24) is 0 Å². The van der Waals surface area contributed by atoms with Crippen LogP contribution in [0.1, 0.15) is 16.5 Å². The third-order valence-electron chi connectivity index (χ3n) is 2.59. The van der Waals surface area contributed by atoms with Crippen LogP contribution in [-0.2, 0) is 9.84 Å². The maximum Gasteiger partial charge on any atom is 0.351 e. The fourth-order valence-electron chi connectivity index (χ4n) is 1.60. The summed E-state index contributed by atoms with van der Waals surface area (Å²) in [5.74, 6) is 0. The van der Waals surface area contributed by atoms with Crippen LogP contribution in [0.15, 0.2) is 46.0 Å². The zero-order valence-electron chi connectivity index (χ0n) is 9.70. The van der Waals surface area contributed by atoms with Crippen molar-refractivity contribution in [3.8, 4) is 0 Å². The number of nitrogens with zero attached hydrogens (tertiary/aromatic N) is 1. The van der Waals surface area contributed by atoms with E-state index < -0.39 is 15.2 Å². The summed E-state index contributed by atoms with van der Waals surface area (Å²) in [4.78, 5) is 3.46. The fourth-order valence-corrected chi connectivity index (χ4v) is 3.78. The van der Waals surface area contributed by atoms with Gasteiger partial charge in [0.2, 0.25) is 0 Å². The van der Waals surface area contributed by atoms with Crippen molar-refractivity contribution in [1.29, 1.82) is 0 Å². The SMILES string of the molecule is [C-]#[N+][C@H](c1ccsc1)S(=O)(=O)c1ccc(C)cc1. The Balaban J connectivity index is 2.48. The first-order valence-corrected chi connectivity index (χ1v) is 7.74. The maximum absolute atomic E-state index is 12.4. The zero-order valence-corrected chi connectivity index (χ0v) is 11.3. The van der Waals surface area contributed by atoms with Gasteiger partial charge in [-0.1, -0.05) is 17.7 Å². The van der Waals surface area contributed by atoms with Crippen molar-refractivity contribution in [2.75, 3.05) is 0 Å². The largest absolute Gasteiger partial charge is 0.351 e. The number of sulfone groups is 1. The lowest BCUT2D eigenvalue weighted by molar-refractivity contribution is 0.590. The van der Waals surface area contributed by atoms with Crippen molar-refractivity contribution in [3.63, 3.8) is 0 Å². The van der Waals surface area contributed by atoms with E-state index in [1.54, 1.807) is 41.1 Å². The lowest BCUT2D eigenvalue weighted by Crippen LogP contribution is -2.09. The molecule has 1 aromatic heterocycles. The lowest BCUT2D eigenvalue weighted by Gasteiger charge is -2.06. The molecule has 0 fully saturated rings. The molecule has 0 aliphatic rings. The third-order valence-corrected chi connectivity index (χ3v) is 5.19. The molecule has 0 spiro atoms. The molecular weight excluding hydrogens is 266 g/mol. The van der Waals surface area contributed by atoms with Gasteiger partial charge < -0.3 is 0 Å². The Morgan fingerprint density at radius 3 is 2.39 bits per heavy atom. The molecular formula is C13H11NO2S2. The average Bonchev–Trinajstić information content (AvgIpc) is 2.84. The van der Waals surface area contributed by atoms with Crippen LogP contribution in [0.3, 0.4) is 0 Å². The molecule has 0 amide bonds. The molecule has 0 unspecified atom stereocenters. The first-order valence-electron chi connectivity index (χ1n) is 5.25. The van der Waals surface area contributed by atoms with Crippen molar-refractivity contribution >= 4 is 21.2 Å². The predicted octanol–water partition coefficient (Wildman–Crippen LogP) is 3.45. The van der Waals surface area contributed by atoms with Gasteiger partial charge in [0.05, 0.1) is 10.5 Å². The van der Waals surface area contributed by atoms with E-state index in [1.165, 1.54) is 11.3 Å². The normalized spacial score (nSPS) is 12.9. The van der Waals surface area contributed by atoms with Gasteiger partial charge in [-0.05, 0) is 30.5 Å². The van der Waals surface area contributed by atoms with Gasteiger partial charge in [-0.25, -0.2) is 15.0 Å². The van der Waals surface area contributed by atoms with Crippen molar-refractivity contribution in [2.24, 2.45) is 0 Å². The van der Waals surface area contributed by atoms with E-state index in [4.69, 9.17) is 6.57 Å². The van der Waals surface area contributed by atoms with Crippen LogP contribution in [0, 0.1) is 13.5 Å². The molecule has 0 saturated carbocycles. The Bertz CT molecular complexity index is 665. The van der Waals surface area contributed by atoms with E-state index in [2.05, 4.69) is 4.85 Å². The number of rotatable bonds is 3. The summed E-state index contributed by atoms with van der Waals surface area (Å²) < 4.78 is 24.7. The highest BCUT2D eigenvalue weighted by Crippen LogP contribution is 2.31. The number of aryl methyl sites for hydroxylation is 1. The summed E-state index contributed by atoms with van der Waals surface area (Å²) in [5.41, 5.74) is 1.53. The van der Waals surface area contributed by atoms with E-state index in [0.717, 1.165) is 5.56 Å². The van der Waals surface area contributed by atoms with Crippen molar-refractivity contribution in [3.05, 3.63) is 63.6 Å². The topological polar surface area (TPSA) is 38.5 Å². The van der Waals surface area contributed by atoms with Gasteiger partial charge in [-0.15, -0.1) is 0 Å². The molecule has 1 aromatic carbocycles. The van der Waals surface area contributed by atoms with Gasteiger partial charge in [-0.2, -0.15) is 11.3 Å². The Morgan fingerprint density at radius 2 is 1.89 bits per heavy atom. The molecule has 2 aromatic rings. The molecule has 0 bridgehead atoms. The van der Waals surface area contributed by atoms with Gasteiger partial charge in [0.1, 0.15) is 0 Å². The van der Waals surface area contributed by atoms with Crippen LogP contribution in [-0.4, -0.2) is 8.42 Å². The third kappa shape index (κ3) is 2.30. The summed E-state index contributed by atoms with van der Waals surface area (Å²) in [6, 6.07) is 8.26. The van der Waals surface area contributed by atoms with Crippen LogP contribution in [0.2, 0.25) is 0 Å². The van der Waals surface area contributed by atoms with E-state index in [1.807, 2.05) is 6.92 Å². The molecule has 3 nitrogen and oxygen atoms in total. The van der Waals surface area contributed by atoms with Crippen molar-refractivity contribution < 1.29 is 8.42 Å². The summed E-state index contributed by atoms with van der Waals surface area (Å²) >= 11 is 1.39.